The Kier molecular flexibility index (Phi) is 4.19. The molecule has 0 saturated heterocycles. The van der Waals surface area contributed by atoms with E-state index in [2.05, 4.69) is 10.1 Å². The average Bonchev–Trinajstić information content (AvgIpc) is 3.02. The molecule has 23 heavy (non-hydrogen) atoms. The van der Waals surface area contributed by atoms with Gasteiger partial charge in [0.15, 0.2) is 12.4 Å². The van der Waals surface area contributed by atoms with Crippen molar-refractivity contribution in [2.24, 2.45) is 0 Å². The molecular weight excluding hydrogens is 292 g/mol. The summed E-state index contributed by atoms with van der Waals surface area (Å²) in [5.41, 5.74) is 4.09. The molecule has 0 unspecified atom stereocenters. The first-order chi connectivity index (χ1) is 11.1. The molecule has 0 spiro atoms. The van der Waals surface area contributed by atoms with Crippen LogP contribution in [0.1, 0.15) is 27.4 Å². The lowest BCUT2D eigenvalue weighted by Crippen LogP contribution is -2.05. The number of carbonyl (C=O) groups is 1. The Labute approximate surface area is 133 Å². The fraction of sp³-hybridized carbons (Fsp3) is 0.167. The van der Waals surface area contributed by atoms with E-state index in [0.29, 0.717) is 11.3 Å². The van der Waals surface area contributed by atoms with Gasteiger partial charge in [-0.15, -0.1) is 0 Å². The predicted octanol–water partition coefficient (Wildman–Crippen LogP) is 3.71. The predicted molar refractivity (Wildman–Crippen MR) is 84.8 cm³/mol. The fourth-order valence-corrected chi connectivity index (χ4v) is 2.13. The molecule has 0 radical (unpaired) electrons. The summed E-state index contributed by atoms with van der Waals surface area (Å²) in [5, 5.41) is 4.01. The van der Waals surface area contributed by atoms with Gasteiger partial charge in [0.25, 0.3) is 0 Å². The summed E-state index contributed by atoms with van der Waals surface area (Å²) in [6, 6.07) is 13.2. The number of hydrogen-bond acceptors (Lipinski definition) is 5. The molecule has 3 rings (SSSR count). The van der Waals surface area contributed by atoms with Gasteiger partial charge in [-0.2, -0.15) is 0 Å². The normalized spacial score (nSPS) is 10.5. The zero-order valence-electron chi connectivity index (χ0n) is 12.9. The zero-order chi connectivity index (χ0) is 16.2. The second kappa shape index (κ2) is 6.44. The molecule has 1 aromatic carbocycles. The minimum Gasteiger partial charge on any atom is -0.454 e. The second-order valence-electron chi connectivity index (χ2n) is 5.31. The summed E-state index contributed by atoms with van der Waals surface area (Å²) in [4.78, 5) is 16.0. The molecule has 0 bridgehead atoms. The van der Waals surface area contributed by atoms with Crippen molar-refractivity contribution in [3.63, 3.8) is 0 Å². The van der Waals surface area contributed by atoms with Gasteiger partial charge in [0, 0.05) is 23.5 Å². The molecule has 0 fully saturated rings. The highest BCUT2D eigenvalue weighted by Crippen LogP contribution is 2.20. The molecule has 0 aliphatic rings. The molecular formula is C18H16N2O3. The van der Waals surface area contributed by atoms with E-state index < -0.39 is 5.97 Å². The fourth-order valence-electron chi connectivity index (χ4n) is 2.13. The van der Waals surface area contributed by atoms with Crippen molar-refractivity contribution in [3.8, 4) is 11.3 Å². The van der Waals surface area contributed by atoms with Crippen LogP contribution in [0.3, 0.4) is 0 Å². The molecule has 2 aromatic heterocycles. The summed E-state index contributed by atoms with van der Waals surface area (Å²) in [7, 11) is 0. The lowest BCUT2D eigenvalue weighted by atomic mass is 10.1. The molecule has 0 aliphatic heterocycles. The van der Waals surface area contributed by atoms with E-state index in [1.54, 1.807) is 18.2 Å². The van der Waals surface area contributed by atoms with E-state index in [9.17, 15) is 4.79 Å². The number of ether oxygens (including phenoxy) is 1. The number of carbonyl (C=O) groups excluding carboxylic acids is 1. The lowest BCUT2D eigenvalue weighted by molar-refractivity contribution is 0.0437. The van der Waals surface area contributed by atoms with Crippen molar-refractivity contribution in [1.29, 1.82) is 0 Å². The molecule has 116 valence electrons. The van der Waals surface area contributed by atoms with Crippen molar-refractivity contribution in [2.45, 2.75) is 20.5 Å². The van der Waals surface area contributed by atoms with Gasteiger partial charge >= 0.3 is 5.97 Å². The number of hydrogen-bond donors (Lipinski definition) is 0. The van der Waals surface area contributed by atoms with Crippen LogP contribution in [0.25, 0.3) is 11.3 Å². The molecule has 0 N–H and O–H groups in total. The van der Waals surface area contributed by atoms with Crippen LogP contribution in [-0.4, -0.2) is 16.1 Å². The van der Waals surface area contributed by atoms with Gasteiger partial charge in [0.05, 0.1) is 5.56 Å². The maximum atomic E-state index is 11.9. The van der Waals surface area contributed by atoms with Gasteiger partial charge in [0.2, 0.25) is 0 Å². The minimum atomic E-state index is -0.439. The zero-order valence-corrected chi connectivity index (χ0v) is 12.9. The first kappa shape index (κ1) is 15.0. The highest BCUT2D eigenvalue weighted by Gasteiger charge is 2.11. The highest BCUT2D eigenvalue weighted by atomic mass is 16.5. The highest BCUT2D eigenvalue weighted by molar-refractivity contribution is 5.88. The number of nitrogens with zero attached hydrogens (tertiary/aromatic N) is 2. The van der Waals surface area contributed by atoms with Gasteiger partial charge in [-0.3, -0.25) is 4.98 Å². The lowest BCUT2D eigenvalue weighted by Gasteiger charge is -2.02. The van der Waals surface area contributed by atoms with Gasteiger partial charge in [-0.05, 0) is 32.0 Å². The van der Waals surface area contributed by atoms with Gasteiger partial charge < -0.3 is 9.26 Å². The number of aryl methyl sites for hydroxylation is 2. The van der Waals surface area contributed by atoms with Crippen LogP contribution in [0.15, 0.2) is 53.2 Å². The Balaban J connectivity index is 1.65. The van der Waals surface area contributed by atoms with E-state index >= 15 is 0 Å². The van der Waals surface area contributed by atoms with Gasteiger partial charge in [0.1, 0.15) is 5.69 Å². The third-order valence-electron chi connectivity index (χ3n) is 3.37. The summed E-state index contributed by atoms with van der Waals surface area (Å²) < 4.78 is 10.4. The number of aromatic nitrogens is 2. The minimum absolute atomic E-state index is 0.0333. The van der Waals surface area contributed by atoms with Crippen molar-refractivity contribution in [3.05, 3.63) is 71.2 Å². The van der Waals surface area contributed by atoms with Crippen LogP contribution in [-0.2, 0) is 11.3 Å². The standard InChI is InChI=1S/C18H16N2O3/c1-12-4-3-5-14(8-12)17-9-16(23-20-17)11-22-18(21)15-7-6-13(2)19-10-15/h3-10H,11H2,1-2H3. The molecule has 0 aliphatic carbocycles. The Morgan fingerprint density at radius 3 is 2.78 bits per heavy atom. The molecule has 0 saturated carbocycles. The third-order valence-corrected chi connectivity index (χ3v) is 3.37. The molecule has 3 aromatic rings. The number of pyridine rings is 1. The topological polar surface area (TPSA) is 65.2 Å². The van der Waals surface area contributed by atoms with Gasteiger partial charge in [-0.1, -0.05) is 28.9 Å². The Hall–Kier alpha value is -2.95. The number of esters is 1. The Morgan fingerprint density at radius 1 is 1.17 bits per heavy atom. The van der Waals surface area contributed by atoms with Crippen LogP contribution in [0.5, 0.6) is 0 Å². The molecule has 0 atom stereocenters. The van der Waals surface area contributed by atoms with E-state index in [1.807, 2.05) is 38.1 Å². The summed E-state index contributed by atoms with van der Waals surface area (Å²) >= 11 is 0. The van der Waals surface area contributed by atoms with E-state index in [1.165, 1.54) is 6.20 Å². The summed E-state index contributed by atoms with van der Waals surface area (Å²) in [5.74, 6) is 0.0564. The Bertz CT molecular complexity index is 822. The smallest absolute Gasteiger partial charge is 0.340 e. The van der Waals surface area contributed by atoms with Crippen LogP contribution in [0.4, 0.5) is 0 Å². The quantitative estimate of drug-likeness (QED) is 0.687. The van der Waals surface area contributed by atoms with Crippen molar-refractivity contribution >= 4 is 5.97 Å². The maximum Gasteiger partial charge on any atom is 0.340 e. The van der Waals surface area contributed by atoms with Crippen molar-refractivity contribution < 1.29 is 14.1 Å². The molecule has 5 heteroatoms. The number of benzene rings is 1. The number of rotatable bonds is 4. The first-order valence-electron chi connectivity index (χ1n) is 7.24. The summed E-state index contributed by atoms with van der Waals surface area (Å²) in [6.07, 6.45) is 1.50. The third kappa shape index (κ3) is 3.63. The van der Waals surface area contributed by atoms with Crippen LogP contribution < -0.4 is 0 Å². The van der Waals surface area contributed by atoms with Crippen molar-refractivity contribution in [1.82, 2.24) is 10.1 Å². The van der Waals surface area contributed by atoms with E-state index in [0.717, 1.165) is 22.5 Å². The van der Waals surface area contributed by atoms with Crippen LogP contribution >= 0.6 is 0 Å². The SMILES string of the molecule is Cc1cccc(-c2cc(COC(=O)c3ccc(C)nc3)on2)c1. The molecule has 5 nitrogen and oxygen atoms in total. The molecule has 2 heterocycles. The van der Waals surface area contributed by atoms with Crippen molar-refractivity contribution in [2.75, 3.05) is 0 Å². The van der Waals surface area contributed by atoms with Gasteiger partial charge in [-0.25, -0.2) is 4.79 Å². The summed E-state index contributed by atoms with van der Waals surface area (Å²) in [6.45, 7) is 3.91. The average molecular weight is 308 g/mol. The monoisotopic (exact) mass is 308 g/mol. The largest absolute Gasteiger partial charge is 0.454 e. The molecule has 0 amide bonds. The van der Waals surface area contributed by atoms with Crippen LogP contribution in [0.2, 0.25) is 0 Å². The van der Waals surface area contributed by atoms with Crippen LogP contribution in [0, 0.1) is 13.8 Å². The van der Waals surface area contributed by atoms with E-state index in [4.69, 9.17) is 9.26 Å². The second-order valence-corrected chi connectivity index (χ2v) is 5.31. The maximum absolute atomic E-state index is 11.9. The van der Waals surface area contributed by atoms with E-state index in [-0.39, 0.29) is 6.61 Å². The first-order valence-corrected chi connectivity index (χ1v) is 7.24. The Morgan fingerprint density at radius 2 is 2.04 bits per heavy atom.